The van der Waals surface area contributed by atoms with Crippen LogP contribution in [0.25, 0.3) is 0 Å². The van der Waals surface area contributed by atoms with Gasteiger partial charge in [0.05, 0.1) is 5.41 Å². The smallest absolute Gasteiger partial charge is 0.231 e. The first-order valence-corrected chi connectivity index (χ1v) is 7.80. The van der Waals surface area contributed by atoms with E-state index >= 15 is 0 Å². The minimum Gasteiger partial charge on any atom is -0.310 e. The molecule has 0 saturated heterocycles. The van der Waals surface area contributed by atoms with E-state index in [0.29, 0.717) is 11.0 Å². The Kier molecular flexibility index (Phi) is 2.78. The number of amides is 1. The molecule has 5 heteroatoms. The van der Waals surface area contributed by atoms with Gasteiger partial charge in [-0.2, -0.15) is 0 Å². The van der Waals surface area contributed by atoms with Gasteiger partial charge in [0, 0.05) is 6.07 Å². The van der Waals surface area contributed by atoms with Crippen LogP contribution >= 0.6 is 11.6 Å². The summed E-state index contributed by atoms with van der Waals surface area (Å²) in [7, 11) is 0. The molecule has 0 radical (unpaired) electrons. The van der Waals surface area contributed by atoms with E-state index < -0.39 is 0 Å². The Bertz CT molecular complexity index is 525. The van der Waals surface area contributed by atoms with Gasteiger partial charge < -0.3 is 5.32 Å². The summed E-state index contributed by atoms with van der Waals surface area (Å²) in [5.41, 5.74) is -0.147. The first-order chi connectivity index (χ1) is 9.63. The predicted octanol–water partition coefficient (Wildman–Crippen LogP) is 3.28. The molecule has 1 aromatic rings. The fraction of sp³-hybridized carbons (Fsp3) is 0.667. The largest absolute Gasteiger partial charge is 0.310 e. The van der Waals surface area contributed by atoms with Gasteiger partial charge in [0.2, 0.25) is 5.91 Å². The zero-order valence-corrected chi connectivity index (χ0v) is 12.1. The molecule has 4 nitrogen and oxygen atoms in total. The van der Waals surface area contributed by atoms with Crippen molar-refractivity contribution in [1.82, 2.24) is 9.97 Å². The van der Waals surface area contributed by atoms with Gasteiger partial charge in [-0.3, -0.25) is 4.79 Å². The number of carbonyl (C=O) groups excluding carboxylic acids is 1. The number of anilines is 1. The van der Waals surface area contributed by atoms with Crippen LogP contribution in [0.4, 0.5) is 5.82 Å². The third kappa shape index (κ3) is 2.01. The molecule has 5 rings (SSSR count). The van der Waals surface area contributed by atoms with Crippen molar-refractivity contribution in [2.45, 2.75) is 38.5 Å². The maximum Gasteiger partial charge on any atom is 0.231 e. The number of carbonyl (C=O) groups is 1. The quantitative estimate of drug-likeness (QED) is 0.851. The fourth-order valence-electron chi connectivity index (χ4n) is 5.04. The first kappa shape index (κ1) is 12.6. The van der Waals surface area contributed by atoms with Crippen molar-refractivity contribution < 1.29 is 4.79 Å². The van der Waals surface area contributed by atoms with Crippen molar-refractivity contribution in [2.24, 2.45) is 23.2 Å². The number of nitrogens with one attached hydrogen (secondary N) is 1. The van der Waals surface area contributed by atoms with E-state index in [9.17, 15) is 4.79 Å². The van der Waals surface area contributed by atoms with E-state index in [0.717, 1.165) is 37.0 Å². The molecule has 4 fully saturated rings. The van der Waals surface area contributed by atoms with Crippen LogP contribution in [0.5, 0.6) is 0 Å². The lowest BCUT2D eigenvalue weighted by Gasteiger charge is -2.55. The normalized spacial score (nSPS) is 38.0. The van der Waals surface area contributed by atoms with Crippen molar-refractivity contribution in [3.8, 4) is 0 Å². The molecule has 4 bridgehead atoms. The van der Waals surface area contributed by atoms with Crippen LogP contribution in [0.2, 0.25) is 5.15 Å². The molecule has 20 heavy (non-hydrogen) atoms. The van der Waals surface area contributed by atoms with Crippen LogP contribution in [0.1, 0.15) is 38.5 Å². The minimum atomic E-state index is -0.147. The van der Waals surface area contributed by atoms with E-state index in [4.69, 9.17) is 11.6 Å². The van der Waals surface area contributed by atoms with Gasteiger partial charge in [0.1, 0.15) is 17.3 Å². The number of hydrogen-bond donors (Lipinski definition) is 1. The summed E-state index contributed by atoms with van der Waals surface area (Å²) < 4.78 is 0. The lowest BCUT2D eigenvalue weighted by molar-refractivity contribution is -0.140. The van der Waals surface area contributed by atoms with Crippen molar-refractivity contribution >= 4 is 23.3 Å². The molecule has 0 unspecified atom stereocenters. The van der Waals surface area contributed by atoms with E-state index in [1.165, 1.54) is 25.6 Å². The molecule has 106 valence electrons. The zero-order chi connectivity index (χ0) is 13.7. The number of halogens is 1. The Hall–Kier alpha value is -1.16. The second-order valence-corrected chi connectivity index (χ2v) is 7.27. The molecule has 4 saturated carbocycles. The average Bonchev–Trinajstić information content (AvgIpc) is 2.37. The third-order valence-corrected chi connectivity index (χ3v) is 5.60. The first-order valence-electron chi connectivity index (χ1n) is 7.42. The second-order valence-electron chi connectivity index (χ2n) is 6.88. The Balaban J connectivity index is 1.56. The summed E-state index contributed by atoms with van der Waals surface area (Å²) in [6, 6.07) is 1.61. The highest BCUT2D eigenvalue weighted by atomic mass is 35.5. The molecule has 1 heterocycles. The lowest BCUT2D eigenvalue weighted by Crippen LogP contribution is -2.51. The average molecular weight is 292 g/mol. The summed E-state index contributed by atoms with van der Waals surface area (Å²) >= 11 is 5.84. The molecule has 1 N–H and O–H groups in total. The highest BCUT2D eigenvalue weighted by Gasteiger charge is 2.54. The number of aromatic nitrogens is 2. The van der Waals surface area contributed by atoms with Crippen LogP contribution in [-0.2, 0) is 4.79 Å². The molecule has 1 aromatic heterocycles. The molecule has 0 aromatic carbocycles. The number of nitrogens with zero attached hydrogens (tertiary/aromatic N) is 2. The van der Waals surface area contributed by atoms with Crippen LogP contribution in [0.15, 0.2) is 12.4 Å². The molecule has 1 amide bonds. The SMILES string of the molecule is O=C(Nc1cc(Cl)ncn1)C12CC3CC(CC(C3)C1)C2. The van der Waals surface area contributed by atoms with Gasteiger partial charge in [-0.05, 0) is 56.3 Å². The standard InChI is InChI=1S/C15H18ClN3O/c16-12-4-13(18-8-17-12)19-14(20)15-5-9-1-10(6-15)3-11(2-9)7-15/h4,8-11H,1-3,5-7H2,(H,17,18,19,20). The Labute approximate surface area is 123 Å². The van der Waals surface area contributed by atoms with Gasteiger partial charge in [0.25, 0.3) is 0 Å². The molecule has 4 aliphatic rings. The Morgan fingerprint density at radius 2 is 1.75 bits per heavy atom. The molecule has 0 spiro atoms. The molecular weight excluding hydrogens is 274 g/mol. The summed E-state index contributed by atoms with van der Waals surface area (Å²) in [5.74, 6) is 2.96. The van der Waals surface area contributed by atoms with Crippen LogP contribution in [0, 0.1) is 23.2 Å². The minimum absolute atomic E-state index is 0.145. The van der Waals surface area contributed by atoms with Crippen molar-refractivity contribution in [1.29, 1.82) is 0 Å². The summed E-state index contributed by atoms with van der Waals surface area (Å²) in [5, 5.41) is 3.33. The van der Waals surface area contributed by atoms with E-state index in [2.05, 4.69) is 15.3 Å². The van der Waals surface area contributed by atoms with Crippen molar-refractivity contribution in [3.63, 3.8) is 0 Å². The maximum absolute atomic E-state index is 12.8. The molecule has 0 aliphatic heterocycles. The monoisotopic (exact) mass is 291 g/mol. The zero-order valence-electron chi connectivity index (χ0n) is 11.3. The maximum atomic E-state index is 12.8. The summed E-state index contributed by atoms with van der Waals surface area (Å²) in [6.45, 7) is 0. The Morgan fingerprint density at radius 1 is 1.15 bits per heavy atom. The second kappa shape index (κ2) is 4.42. The van der Waals surface area contributed by atoms with Gasteiger partial charge in [-0.15, -0.1) is 0 Å². The summed E-state index contributed by atoms with van der Waals surface area (Å²) in [4.78, 5) is 20.7. The van der Waals surface area contributed by atoms with E-state index in [-0.39, 0.29) is 11.3 Å². The van der Waals surface area contributed by atoms with E-state index in [1.807, 2.05) is 0 Å². The number of rotatable bonds is 2. The Morgan fingerprint density at radius 3 is 2.30 bits per heavy atom. The molecule has 4 aliphatic carbocycles. The molecule has 0 atom stereocenters. The van der Waals surface area contributed by atoms with Crippen molar-refractivity contribution in [2.75, 3.05) is 5.32 Å². The van der Waals surface area contributed by atoms with Crippen LogP contribution in [-0.4, -0.2) is 15.9 Å². The highest BCUT2D eigenvalue weighted by Crippen LogP contribution is 2.60. The van der Waals surface area contributed by atoms with Crippen LogP contribution in [0.3, 0.4) is 0 Å². The van der Waals surface area contributed by atoms with Gasteiger partial charge >= 0.3 is 0 Å². The van der Waals surface area contributed by atoms with Gasteiger partial charge in [-0.25, -0.2) is 9.97 Å². The van der Waals surface area contributed by atoms with Gasteiger partial charge in [0.15, 0.2) is 0 Å². The van der Waals surface area contributed by atoms with E-state index in [1.54, 1.807) is 6.07 Å². The fourth-order valence-corrected chi connectivity index (χ4v) is 5.19. The predicted molar refractivity (Wildman–Crippen MR) is 76.3 cm³/mol. The van der Waals surface area contributed by atoms with Crippen LogP contribution < -0.4 is 5.32 Å². The topological polar surface area (TPSA) is 54.9 Å². The number of hydrogen-bond acceptors (Lipinski definition) is 3. The highest BCUT2D eigenvalue weighted by molar-refractivity contribution is 6.29. The summed E-state index contributed by atoms with van der Waals surface area (Å²) in [6.07, 6.45) is 8.58. The van der Waals surface area contributed by atoms with Crippen molar-refractivity contribution in [3.05, 3.63) is 17.5 Å². The van der Waals surface area contributed by atoms with Gasteiger partial charge in [-0.1, -0.05) is 11.6 Å². The third-order valence-electron chi connectivity index (χ3n) is 5.40. The lowest BCUT2D eigenvalue weighted by atomic mass is 9.49. The molecular formula is C15H18ClN3O.